The molecule has 0 spiro atoms. The first kappa shape index (κ1) is 21.6. The molecule has 0 unspecified atom stereocenters. The molecule has 5 rings (SSSR count). The van der Waals surface area contributed by atoms with Gasteiger partial charge in [-0.3, -0.25) is 4.79 Å². The Morgan fingerprint density at radius 1 is 0.971 bits per heavy atom. The molecule has 3 aromatic carbocycles. The number of hydrogen-bond donors (Lipinski definition) is 2. The zero-order valence-electron chi connectivity index (χ0n) is 18.4. The second-order valence-corrected chi connectivity index (χ2v) is 8.21. The highest BCUT2D eigenvalue weighted by Crippen LogP contribution is 2.37. The topological polar surface area (TPSA) is 89.2 Å². The van der Waals surface area contributed by atoms with Gasteiger partial charge in [-0.25, -0.2) is 9.36 Å². The Hall–Kier alpha value is -4.23. The molecule has 0 fully saturated rings. The lowest BCUT2D eigenvalue weighted by molar-refractivity contribution is 0.374. The fraction of sp³-hybridized carbons (Fsp3) is 0.0769. The van der Waals surface area contributed by atoms with Crippen LogP contribution < -0.4 is 16.0 Å². The number of aromatic amines is 1. The molecule has 0 aliphatic rings. The first-order chi connectivity index (χ1) is 16.4. The number of hydrogen-bond acceptors (Lipinski definition) is 4. The van der Waals surface area contributed by atoms with Crippen LogP contribution in [0.1, 0.15) is 5.56 Å². The number of benzene rings is 3. The molecule has 7 nitrogen and oxygen atoms in total. The summed E-state index contributed by atoms with van der Waals surface area (Å²) >= 11 is 6.23. The van der Waals surface area contributed by atoms with Crippen LogP contribution in [0.5, 0.6) is 11.5 Å². The monoisotopic (exact) mass is 473 g/mol. The first-order valence-electron chi connectivity index (χ1n) is 10.5. The molecule has 34 heavy (non-hydrogen) atoms. The van der Waals surface area contributed by atoms with Crippen LogP contribution in [0.2, 0.25) is 5.02 Å². The van der Waals surface area contributed by atoms with Crippen molar-refractivity contribution in [3.05, 3.63) is 104 Å². The van der Waals surface area contributed by atoms with E-state index in [2.05, 4.69) is 4.98 Å². The molecule has 0 saturated heterocycles. The Bertz CT molecular complexity index is 1660. The van der Waals surface area contributed by atoms with Crippen LogP contribution in [0.25, 0.3) is 33.5 Å². The summed E-state index contributed by atoms with van der Waals surface area (Å²) in [6.07, 6.45) is 1.73. The number of methoxy groups -OCH3 is 1. The largest absolute Gasteiger partial charge is 0.504 e. The van der Waals surface area contributed by atoms with E-state index < -0.39 is 11.2 Å². The average Bonchev–Trinajstić information content (AvgIpc) is 3.26. The molecule has 0 aliphatic carbocycles. The molecule has 2 N–H and O–H groups in total. The number of aromatic nitrogens is 3. The molecule has 0 atom stereocenters. The molecule has 0 saturated carbocycles. The van der Waals surface area contributed by atoms with Crippen molar-refractivity contribution in [1.82, 2.24) is 14.1 Å². The van der Waals surface area contributed by atoms with Gasteiger partial charge in [0.25, 0.3) is 5.56 Å². The van der Waals surface area contributed by atoms with E-state index in [1.165, 1.54) is 7.11 Å². The molecule has 0 amide bonds. The fourth-order valence-corrected chi connectivity index (χ4v) is 4.28. The Morgan fingerprint density at radius 2 is 1.71 bits per heavy atom. The minimum absolute atomic E-state index is 0.0570. The first-order valence-corrected chi connectivity index (χ1v) is 10.9. The van der Waals surface area contributed by atoms with E-state index in [1.54, 1.807) is 60.2 Å². The quantitative estimate of drug-likeness (QED) is 0.392. The van der Waals surface area contributed by atoms with E-state index in [1.807, 2.05) is 24.3 Å². The number of nitrogens with one attached hydrogen (secondary N) is 1. The maximum atomic E-state index is 13.5. The highest BCUT2D eigenvalue weighted by molar-refractivity contribution is 6.31. The van der Waals surface area contributed by atoms with Crippen molar-refractivity contribution in [3.63, 3.8) is 0 Å². The Labute approximate surface area is 199 Å². The van der Waals surface area contributed by atoms with Crippen molar-refractivity contribution in [2.45, 2.75) is 6.92 Å². The molecule has 2 aromatic heterocycles. The van der Waals surface area contributed by atoms with E-state index in [-0.39, 0.29) is 5.75 Å². The van der Waals surface area contributed by atoms with Crippen LogP contribution in [0.4, 0.5) is 0 Å². The molecular weight excluding hydrogens is 454 g/mol. The number of fused-ring (bicyclic) bond motifs is 1. The van der Waals surface area contributed by atoms with Gasteiger partial charge in [0.1, 0.15) is 5.52 Å². The van der Waals surface area contributed by atoms with E-state index in [0.717, 1.165) is 15.8 Å². The van der Waals surface area contributed by atoms with Gasteiger partial charge < -0.3 is 19.4 Å². The average molecular weight is 474 g/mol. The summed E-state index contributed by atoms with van der Waals surface area (Å²) in [5.41, 5.74) is 2.97. The number of halogens is 1. The van der Waals surface area contributed by atoms with Gasteiger partial charge in [-0.2, -0.15) is 0 Å². The highest BCUT2D eigenvalue weighted by Gasteiger charge is 2.17. The third-order valence-electron chi connectivity index (χ3n) is 5.89. The Morgan fingerprint density at radius 3 is 2.44 bits per heavy atom. The summed E-state index contributed by atoms with van der Waals surface area (Å²) in [6, 6.07) is 19.5. The lowest BCUT2D eigenvalue weighted by Gasteiger charge is -2.12. The second-order valence-electron chi connectivity index (χ2n) is 7.81. The van der Waals surface area contributed by atoms with E-state index in [9.17, 15) is 14.7 Å². The van der Waals surface area contributed by atoms with Crippen LogP contribution >= 0.6 is 11.6 Å². The van der Waals surface area contributed by atoms with E-state index in [4.69, 9.17) is 16.3 Å². The predicted octanol–water partition coefficient (Wildman–Crippen LogP) is 4.81. The number of nitrogens with zero attached hydrogens (tertiary/aromatic N) is 2. The minimum atomic E-state index is -0.538. The van der Waals surface area contributed by atoms with Crippen molar-refractivity contribution in [2.24, 2.45) is 0 Å². The van der Waals surface area contributed by atoms with Gasteiger partial charge in [0.2, 0.25) is 0 Å². The SMILES string of the molecule is COc1cccc(-c2ccc(-n3ccc4[nH]c(=O)n(-c5cccc(Cl)c5C)c(=O)c43)cc2)c1O. The van der Waals surface area contributed by atoms with Gasteiger partial charge in [-0.15, -0.1) is 0 Å². The number of ether oxygens (including phenoxy) is 1. The number of H-pyrrole nitrogens is 1. The van der Waals surface area contributed by atoms with E-state index in [0.29, 0.717) is 38.6 Å². The van der Waals surface area contributed by atoms with Crippen molar-refractivity contribution in [3.8, 4) is 34.0 Å². The summed E-state index contributed by atoms with van der Waals surface area (Å²) in [7, 11) is 1.50. The zero-order chi connectivity index (χ0) is 24.0. The van der Waals surface area contributed by atoms with Crippen LogP contribution in [0.15, 0.2) is 82.5 Å². The van der Waals surface area contributed by atoms with Gasteiger partial charge in [-0.05, 0) is 54.4 Å². The minimum Gasteiger partial charge on any atom is -0.504 e. The molecule has 170 valence electrons. The van der Waals surface area contributed by atoms with Gasteiger partial charge in [0.15, 0.2) is 11.5 Å². The highest BCUT2D eigenvalue weighted by atomic mass is 35.5. The van der Waals surface area contributed by atoms with Crippen molar-refractivity contribution in [1.29, 1.82) is 0 Å². The lowest BCUT2D eigenvalue weighted by atomic mass is 10.0. The molecule has 0 radical (unpaired) electrons. The molecule has 8 heteroatoms. The lowest BCUT2D eigenvalue weighted by Crippen LogP contribution is -2.34. The standard InChI is InChI=1S/C26H20ClN3O4/c1-15-19(27)6-4-7-21(15)30-25(32)23-20(28-26(30)33)13-14-29(23)17-11-9-16(10-12-17)18-5-3-8-22(34-2)24(18)31/h3-14,31H,1-2H3,(H,28,33). The zero-order valence-corrected chi connectivity index (χ0v) is 19.1. The van der Waals surface area contributed by atoms with Crippen molar-refractivity contribution >= 4 is 22.6 Å². The van der Waals surface area contributed by atoms with Gasteiger partial charge in [0.05, 0.1) is 18.3 Å². The number of para-hydroxylation sites is 1. The van der Waals surface area contributed by atoms with Gasteiger partial charge in [0, 0.05) is 22.5 Å². The molecule has 0 aliphatic heterocycles. The third kappa shape index (κ3) is 3.38. The Balaban J connectivity index is 1.65. The summed E-state index contributed by atoms with van der Waals surface area (Å²) < 4.78 is 8.02. The van der Waals surface area contributed by atoms with Crippen molar-refractivity contribution < 1.29 is 9.84 Å². The summed E-state index contributed by atoms with van der Waals surface area (Å²) in [6.45, 7) is 1.76. The smallest absolute Gasteiger partial charge is 0.333 e. The van der Waals surface area contributed by atoms with Crippen molar-refractivity contribution in [2.75, 3.05) is 7.11 Å². The maximum Gasteiger partial charge on any atom is 0.333 e. The summed E-state index contributed by atoms with van der Waals surface area (Å²) in [5, 5.41) is 10.9. The fourth-order valence-electron chi connectivity index (χ4n) is 4.11. The van der Waals surface area contributed by atoms with E-state index >= 15 is 0 Å². The molecule has 2 heterocycles. The number of aromatic hydroxyl groups is 1. The molecular formula is C26H20ClN3O4. The summed E-state index contributed by atoms with van der Waals surface area (Å²) in [4.78, 5) is 29.1. The van der Waals surface area contributed by atoms with Crippen LogP contribution in [0, 0.1) is 6.92 Å². The van der Waals surface area contributed by atoms with Crippen LogP contribution in [-0.4, -0.2) is 26.3 Å². The number of phenols is 1. The Kier molecular flexibility index (Phi) is 5.26. The third-order valence-corrected chi connectivity index (χ3v) is 6.30. The predicted molar refractivity (Wildman–Crippen MR) is 133 cm³/mol. The summed E-state index contributed by atoms with van der Waals surface area (Å²) in [5.74, 6) is 0.445. The number of phenolic OH excluding ortho intramolecular Hbond substituents is 1. The second kappa shape index (κ2) is 8.28. The molecule has 5 aromatic rings. The molecule has 0 bridgehead atoms. The van der Waals surface area contributed by atoms with Crippen LogP contribution in [0.3, 0.4) is 0 Å². The number of rotatable bonds is 4. The maximum absolute atomic E-state index is 13.5. The van der Waals surface area contributed by atoms with Crippen LogP contribution in [-0.2, 0) is 0 Å². The van der Waals surface area contributed by atoms with Gasteiger partial charge >= 0.3 is 5.69 Å². The normalized spacial score (nSPS) is 11.1. The van der Waals surface area contributed by atoms with Gasteiger partial charge in [-0.1, -0.05) is 41.9 Å².